The van der Waals surface area contributed by atoms with Gasteiger partial charge in [0, 0.05) is 12.5 Å². The van der Waals surface area contributed by atoms with E-state index in [1.165, 1.54) is 7.11 Å². The van der Waals surface area contributed by atoms with E-state index in [0.29, 0.717) is 23.7 Å². The minimum absolute atomic E-state index is 0.0110. The van der Waals surface area contributed by atoms with Gasteiger partial charge in [-0.3, -0.25) is 14.5 Å². The summed E-state index contributed by atoms with van der Waals surface area (Å²) in [5, 5.41) is 10.5. The van der Waals surface area contributed by atoms with Crippen LogP contribution in [0.5, 0.6) is 11.5 Å². The van der Waals surface area contributed by atoms with Crippen molar-refractivity contribution in [2.24, 2.45) is 0 Å². The number of halogens is 2. The molecular weight excluding hydrogens is 396 g/mol. The van der Waals surface area contributed by atoms with Crippen LogP contribution in [0.25, 0.3) is 0 Å². The largest absolute Gasteiger partial charge is 0.503 e. The van der Waals surface area contributed by atoms with Crippen molar-refractivity contribution in [1.29, 1.82) is 0 Å². The molecule has 1 amide bonds. The lowest BCUT2D eigenvalue weighted by atomic mass is 9.94. The molecule has 2 aromatic carbocycles. The van der Waals surface area contributed by atoms with Crippen molar-refractivity contribution >= 4 is 17.4 Å². The van der Waals surface area contributed by atoms with Crippen LogP contribution in [0.4, 0.5) is 14.5 Å². The number of Topliss-reactive ketones (excluding diaryl/α,β-unsaturated/α-hetero) is 1. The highest BCUT2D eigenvalue weighted by atomic mass is 19.1. The summed E-state index contributed by atoms with van der Waals surface area (Å²) in [5.74, 6) is -3.13. The molecule has 0 radical (unpaired) electrons. The molecule has 1 N–H and O–H groups in total. The van der Waals surface area contributed by atoms with Crippen molar-refractivity contribution in [3.05, 3.63) is 64.9 Å². The van der Waals surface area contributed by atoms with E-state index in [1.54, 1.807) is 32.0 Å². The molecule has 1 aliphatic rings. The van der Waals surface area contributed by atoms with Crippen molar-refractivity contribution in [3.63, 3.8) is 0 Å². The van der Waals surface area contributed by atoms with E-state index in [0.717, 1.165) is 23.1 Å². The molecule has 3 rings (SSSR count). The van der Waals surface area contributed by atoms with E-state index >= 15 is 0 Å². The van der Waals surface area contributed by atoms with Crippen molar-refractivity contribution in [2.75, 3.05) is 18.6 Å². The van der Waals surface area contributed by atoms with E-state index in [-0.39, 0.29) is 17.7 Å². The number of ether oxygens (including phenoxy) is 2. The van der Waals surface area contributed by atoms with E-state index in [2.05, 4.69) is 0 Å². The van der Waals surface area contributed by atoms with Gasteiger partial charge in [0.2, 0.25) is 0 Å². The van der Waals surface area contributed by atoms with Gasteiger partial charge in [0.05, 0.1) is 31.0 Å². The van der Waals surface area contributed by atoms with Gasteiger partial charge in [0.25, 0.3) is 5.91 Å². The Morgan fingerprint density at radius 2 is 1.87 bits per heavy atom. The number of carbonyl (C=O) groups is 2. The van der Waals surface area contributed by atoms with Crippen molar-refractivity contribution in [2.45, 2.75) is 26.3 Å². The highest BCUT2D eigenvalue weighted by Crippen LogP contribution is 2.44. The number of hydrogen-bond donors (Lipinski definition) is 1. The average Bonchev–Trinajstić information content (AvgIpc) is 3.00. The van der Waals surface area contributed by atoms with E-state index in [9.17, 15) is 23.5 Å². The molecule has 0 spiro atoms. The van der Waals surface area contributed by atoms with Gasteiger partial charge in [-0.2, -0.15) is 0 Å². The lowest BCUT2D eigenvalue weighted by Gasteiger charge is -2.27. The summed E-state index contributed by atoms with van der Waals surface area (Å²) < 4.78 is 39.2. The first-order valence-corrected chi connectivity index (χ1v) is 9.39. The second-order valence-electron chi connectivity index (χ2n) is 6.56. The van der Waals surface area contributed by atoms with E-state index in [1.807, 2.05) is 0 Å². The molecule has 1 heterocycles. The molecule has 1 aliphatic heterocycles. The third-order valence-corrected chi connectivity index (χ3v) is 4.80. The number of benzene rings is 2. The summed E-state index contributed by atoms with van der Waals surface area (Å²) in [6.45, 7) is 3.68. The summed E-state index contributed by atoms with van der Waals surface area (Å²) in [4.78, 5) is 26.3. The molecule has 8 heteroatoms. The lowest BCUT2D eigenvalue weighted by Crippen LogP contribution is -2.32. The zero-order valence-electron chi connectivity index (χ0n) is 16.7. The minimum atomic E-state index is -1.16. The van der Waals surface area contributed by atoms with Gasteiger partial charge in [-0.05, 0) is 36.8 Å². The van der Waals surface area contributed by atoms with Crippen LogP contribution in [0.1, 0.15) is 31.9 Å². The number of amides is 1. The van der Waals surface area contributed by atoms with Gasteiger partial charge in [-0.15, -0.1) is 0 Å². The Bertz CT molecular complexity index is 1030. The summed E-state index contributed by atoms with van der Waals surface area (Å²) in [5.41, 5.74) is -0.194. The second-order valence-corrected chi connectivity index (χ2v) is 6.56. The Kier molecular flexibility index (Phi) is 6.05. The van der Waals surface area contributed by atoms with E-state index < -0.39 is 35.1 Å². The maximum atomic E-state index is 14.5. The van der Waals surface area contributed by atoms with Gasteiger partial charge in [-0.1, -0.05) is 13.0 Å². The number of methoxy groups -OCH3 is 1. The zero-order chi connectivity index (χ0) is 22.0. The first-order chi connectivity index (χ1) is 14.3. The molecule has 0 aliphatic carbocycles. The van der Waals surface area contributed by atoms with Gasteiger partial charge in [0.1, 0.15) is 11.6 Å². The molecule has 0 aromatic heterocycles. The quantitative estimate of drug-likeness (QED) is 0.729. The first kappa shape index (κ1) is 21.3. The molecule has 2 aromatic rings. The standard InChI is InChI=1S/C22H21F2NO5/c1-4-16(26)19-20(12-6-9-17(29-3)18(10-12)30-5-2)25(22(28)21(19)27)15-11-13(23)7-8-14(15)24/h6-11,20,27H,4-5H2,1-3H3. The van der Waals surface area contributed by atoms with Crippen LogP contribution in [0, 0.1) is 11.6 Å². The van der Waals surface area contributed by atoms with Crippen LogP contribution in [-0.2, 0) is 9.59 Å². The SMILES string of the molecule is CCOc1cc(C2C(C(=O)CC)=C(O)C(=O)N2c2cc(F)ccc2F)ccc1OC. The molecule has 0 bridgehead atoms. The number of ketones is 1. The van der Waals surface area contributed by atoms with Crippen LogP contribution in [0.15, 0.2) is 47.7 Å². The van der Waals surface area contributed by atoms with Crippen molar-refractivity contribution in [3.8, 4) is 11.5 Å². The predicted molar refractivity (Wildman–Crippen MR) is 106 cm³/mol. The molecule has 0 saturated heterocycles. The van der Waals surface area contributed by atoms with Crippen LogP contribution in [0.2, 0.25) is 0 Å². The fourth-order valence-corrected chi connectivity index (χ4v) is 3.45. The van der Waals surface area contributed by atoms with Gasteiger partial charge < -0.3 is 14.6 Å². The molecule has 6 nitrogen and oxygen atoms in total. The molecule has 158 valence electrons. The highest BCUT2D eigenvalue weighted by Gasteiger charge is 2.45. The maximum Gasteiger partial charge on any atom is 0.294 e. The number of nitrogens with zero attached hydrogens (tertiary/aromatic N) is 1. The number of aliphatic hydroxyl groups is 1. The molecule has 0 fully saturated rings. The fourth-order valence-electron chi connectivity index (χ4n) is 3.45. The second kappa shape index (κ2) is 8.52. The Morgan fingerprint density at radius 3 is 2.50 bits per heavy atom. The maximum absolute atomic E-state index is 14.5. The van der Waals surface area contributed by atoms with Crippen LogP contribution >= 0.6 is 0 Å². The van der Waals surface area contributed by atoms with Gasteiger partial charge >= 0.3 is 0 Å². The number of carbonyl (C=O) groups excluding carboxylic acids is 2. The normalized spacial score (nSPS) is 16.2. The lowest BCUT2D eigenvalue weighted by molar-refractivity contribution is -0.118. The Morgan fingerprint density at radius 1 is 1.13 bits per heavy atom. The number of aliphatic hydroxyl groups excluding tert-OH is 1. The average molecular weight is 417 g/mol. The summed E-state index contributed by atoms with van der Waals surface area (Å²) in [6, 6.07) is 6.18. The number of anilines is 1. The van der Waals surface area contributed by atoms with Gasteiger partial charge in [-0.25, -0.2) is 8.78 Å². The number of rotatable bonds is 7. The molecule has 0 saturated carbocycles. The van der Waals surface area contributed by atoms with Crippen LogP contribution < -0.4 is 14.4 Å². The summed E-state index contributed by atoms with van der Waals surface area (Å²) in [6.07, 6.45) is 0.0110. The Labute approximate surface area is 172 Å². The smallest absolute Gasteiger partial charge is 0.294 e. The minimum Gasteiger partial charge on any atom is -0.503 e. The van der Waals surface area contributed by atoms with Crippen molar-refractivity contribution < 1.29 is 33.0 Å². The first-order valence-electron chi connectivity index (χ1n) is 9.39. The number of hydrogen-bond acceptors (Lipinski definition) is 5. The van der Waals surface area contributed by atoms with Crippen molar-refractivity contribution in [1.82, 2.24) is 0 Å². The van der Waals surface area contributed by atoms with Gasteiger partial charge in [0.15, 0.2) is 23.0 Å². The summed E-state index contributed by atoms with van der Waals surface area (Å²) in [7, 11) is 1.46. The van der Waals surface area contributed by atoms with Crippen LogP contribution in [0.3, 0.4) is 0 Å². The Hall–Kier alpha value is -3.42. The topological polar surface area (TPSA) is 76.1 Å². The molecular formula is C22H21F2NO5. The highest BCUT2D eigenvalue weighted by molar-refractivity contribution is 6.16. The monoisotopic (exact) mass is 417 g/mol. The molecule has 30 heavy (non-hydrogen) atoms. The fraction of sp³-hybridized carbons (Fsp3) is 0.273. The zero-order valence-corrected chi connectivity index (χ0v) is 16.7. The molecule has 1 atom stereocenters. The summed E-state index contributed by atoms with van der Waals surface area (Å²) >= 11 is 0. The molecule has 1 unspecified atom stereocenters. The van der Waals surface area contributed by atoms with E-state index in [4.69, 9.17) is 9.47 Å². The predicted octanol–water partition coefficient (Wildman–Crippen LogP) is 4.25. The Balaban J connectivity index is 2.24. The third kappa shape index (κ3) is 3.60. The third-order valence-electron chi connectivity index (χ3n) is 4.80. The van der Waals surface area contributed by atoms with Crippen LogP contribution in [-0.4, -0.2) is 30.5 Å².